The van der Waals surface area contributed by atoms with Crippen molar-refractivity contribution in [3.05, 3.63) is 11.7 Å². The zero-order chi connectivity index (χ0) is 16.7. The van der Waals surface area contributed by atoms with Crippen molar-refractivity contribution in [1.82, 2.24) is 25.7 Å². The first kappa shape index (κ1) is 17.2. The zero-order valence-electron chi connectivity index (χ0n) is 13.5. The molecule has 0 radical (unpaired) electrons. The Morgan fingerprint density at radius 3 is 2.70 bits per heavy atom. The number of amides is 3. The van der Waals surface area contributed by atoms with Crippen LogP contribution >= 0.6 is 0 Å². The number of likely N-dealkylation sites (tertiary alicyclic amines) is 1. The van der Waals surface area contributed by atoms with E-state index >= 15 is 0 Å². The van der Waals surface area contributed by atoms with Crippen molar-refractivity contribution in [2.24, 2.45) is 5.92 Å². The summed E-state index contributed by atoms with van der Waals surface area (Å²) in [6, 6.07) is -0.109. The highest BCUT2D eigenvalue weighted by Gasteiger charge is 2.27. The molecule has 1 fully saturated rings. The van der Waals surface area contributed by atoms with Crippen molar-refractivity contribution in [3.8, 4) is 0 Å². The SMILES string of the molecule is COCCNC(=O)N1CCC(C(=O)NCc2nc(C)no2)CC1. The fourth-order valence-electron chi connectivity index (χ4n) is 2.44. The number of nitrogens with one attached hydrogen (secondary N) is 2. The Kier molecular flexibility index (Phi) is 6.33. The first-order valence-corrected chi connectivity index (χ1v) is 7.68. The summed E-state index contributed by atoms with van der Waals surface area (Å²) in [5.74, 6) is 0.801. The maximum absolute atomic E-state index is 12.1. The van der Waals surface area contributed by atoms with Crippen LogP contribution in [0.5, 0.6) is 0 Å². The quantitative estimate of drug-likeness (QED) is 0.716. The van der Waals surface area contributed by atoms with Gasteiger partial charge in [-0.25, -0.2) is 4.79 Å². The van der Waals surface area contributed by atoms with Crippen molar-refractivity contribution in [3.63, 3.8) is 0 Å². The second-order valence-electron chi connectivity index (χ2n) is 5.44. The molecule has 1 saturated heterocycles. The van der Waals surface area contributed by atoms with Gasteiger partial charge < -0.3 is 24.8 Å². The summed E-state index contributed by atoms with van der Waals surface area (Å²) in [5, 5.41) is 9.25. The second kappa shape index (κ2) is 8.47. The number of methoxy groups -OCH3 is 1. The molecule has 0 unspecified atom stereocenters. The largest absolute Gasteiger partial charge is 0.383 e. The molecule has 1 aromatic rings. The van der Waals surface area contributed by atoms with E-state index in [4.69, 9.17) is 9.26 Å². The van der Waals surface area contributed by atoms with Gasteiger partial charge in [0.2, 0.25) is 11.8 Å². The molecule has 2 N–H and O–H groups in total. The van der Waals surface area contributed by atoms with Gasteiger partial charge in [-0.15, -0.1) is 0 Å². The number of hydrogen-bond donors (Lipinski definition) is 2. The van der Waals surface area contributed by atoms with Crippen molar-refractivity contribution in [2.75, 3.05) is 33.4 Å². The van der Waals surface area contributed by atoms with E-state index in [1.54, 1.807) is 18.9 Å². The minimum atomic E-state index is -0.109. The van der Waals surface area contributed by atoms with Gasteiger partial charge in [-0.3, -0.25) is 4.79 Å². The van der Waals surface area contributed by atoms with Gasteiger partial charge in [0.25, 0.3) is 0 Å². The Balaban J connectivity index is 1.69. The fraction of sp³-hybridized carbons (Fsp3) is 0.714. The summed E-state index contributed by atoms with van der Waals surface area (Å²) < 4.78 is 9.84. The van der Waals surface area contributed by atoms with Gasteiger partial charge >= 0.3 is 6.03 Å². The maximum atomic E-state index is 12.1. The first-order valence-electron chi connectivity index (χ1n) is 7.68. The van der Waals surface area contributed by atoms with Crippen molar-refractivity contribution in [2.45, 2.75) is 26.3 Å². The molecule has 0 atom stereocenters. The molecule has 128 valence electrons. The normalized spacial score (nSPS) is 15.5. The van der Waals surface area contributed by atoms with Gasteiger partial charge in [0.1, 0.15) is 0 Å². The number of carbonyl (C=O) groups excluding carboxylic acids is 2. The molecule has 9 heteroatoms. The molecule has 1 aliphatic heterocycles. The fourth-order valence-corrected chi connectivity index (χ4v) is 2.44. The predicted octanol–water partition coefficient (Wildman–Crippen LogP) is 0.0622. The van der Waals surface area contributed by atoms with E-state index < -0.39 is 0 Å². The Bertz CT molecular complexity index is 525. The third kappa shape index (κ3) is 5.20. The van der Waals surface area contributed by atoms with Crippen LogP contribution in [0.15, 0.2) is 4.52 Å². The van der Waals surface area contributed by atoms with Gasteiger partial charge in [0.05, 0.1) is 13.2 Å². The van der Waals surface area contributed by atoms with E-state index in [1.807, 2.05) is 0 Å². The van der Waals surface area contributed by atoms with Gasteiger partial charge in [-0.05, 0) is 19.8 Å². The van der Waals surface area contributed by atoms with Crippen molar-refractivity contribution < 1.29 is 18.8 Å². The lowest BCUT2D eigenvalue weighted by Gasteiger charge is -2.31. The number of ether oxygens (including phenoxy) is 1. The molecule has 0 saturated carbocycles. The molecule has 0 spiro atoms. The summed E-state index contributed by atoms with van der Waals surface area (Å²) in [6.07, 6.45) is 1.29. The van der Waals surface area contributed by atoms with E-state index in [1.165, 1.54) is 0 Å². The highest BCUT2D eigenvalue weighted by atomic mass is 16.5. The number of urea groups is 1. The van der Waals surface area contributed by atoms with Crippen LogP contribution in [-0.2, 0) is 16.1 Å². The van der Waals surface area contributed by atoms with Gasteiger partial charge in [0.15, 0.2) is 5.82 Å². The number of nitrogens with zero attached hydrogens (tertiary/aromatic N) is 3. The molecule has 3 amide bonds. The van der Waals surface area contributed by atoms with E-state index in [0.717, 1.165) is 0 Å². The van der Waals surface area contributed by atoms with Crippen LogP contribution in [-0.4, -0.2) is 60.3 Å². The highest BCUT2D eigenvalue weighted by Crippen LogP contribution is 2.17. The molecule has 23 heavy (non-hydrogen) atoms. The Hall–Kier alpha value is -2.16. The smallest absolute Gasteiger partial charge is 0.317 e. The Morgan fingerprint density at radius 1 is 1.35 bits per heavy atom. The van der Waals surface area contributed by atoms with Crippen LogP contribution < -0.4 is 10.6 Å². The number of rotatable bonds is 6. The van der Waals surface area contributed by atoms with E-state index in [-0.39, 0.29) is 24.4 Å². The number of hydrogen-bond acceptors (Lipinski definition) is 6. The molecule has 2 rings (SSSR count). The first-order chi connectivity index (χ1) is 11.1. The van der Waals surface area contributed by atoms with Gasteiger partial charge in [0, 0.05) is 32.7 Å². The monoisotopic (exact) mass is 325 g/mol. The number of aryl methyl sites for hydroxylation is 1. The zero-order valence-corrected chi connectivity index (χ0v) is 13.5. The Labute approximate surface area is 134 Å². The third-order valence-electron chi connectivity index (χ3n) is 3.72. The molecule has 9 nitrogen and oxygen atoms in total. The summed E-state index contributed by atoms with van der Waals surface area (Å²) in [5.41, 5.74) is 0. The van der Waals surface area contributed by atoms with Gasteiger partial charge in [-0.1, -0.05) is 5.16 Å². The van der Waals surface area contributed by atoms with Crippen molar-refractivity contribution >= 4 is 11.9 Å². The maximum Gasteiger partial charge on any atom is 0.317 e. The van der Waals surface area contributed by atoms with Crippen molar-refractivity contribution in [1.29, 1.82) is 0 Å². The molecular formula is C14H23N5O4. The molecule has 0 aromatic carbocycles. The summed E-state index contributed by atoms with van der Waals surface area (Å²) in [4.78, 5) is 29.8. The van der Waals surface area contributed by atoms with E-state index in [0.29, 0.717) is 50.8 Å². The molecular weight excluding hydrogens is 302 g/mol. The van der Waals surface area contributed by atoms with Crippen LogP contribution in [0, 0.1) is 12.8 Å². The van der Waals surface area contributed by atoms with Crippen LogP contribution in [0.1, 0.15) is 24.6 Å². The van der Waals surface area contributed by atoms with Crippen LogP contribution in [0.25, 0.3) is 0 Å². The summed E-state index contributed by atoms with van der Waals surface area (Å²) in [7, 11) is 1.59. The lowest BCUT2D eigenvalue weighted by molar-refractivity contribution is -0.126. The molecule has 0 bridgehead atoms. The minimum Gasteiger partial charge on any atom is -0.383 e. The third-order valence-corrected chi connectivity index (χ3v) is 3.72. The van der Waals surface area contributed by atoms with Crippen LogP contribution in [0.3, 0.4) is 0 Å². The molecule has 1 aromatic heterocycles. The highest BCUT2D eigenvalue weighted by molar-refractivity contribution is 5.79. The van der Waals surface area contributed by atoms with E-state index in [2.05, 4.69) is 20.8 Å². The Morgan fingerprint density at radius 2 is 2.09 bits per heavy atom. The molecule has 1 aliphatic rings. The average Bonchev–Trinajstić information content (AvgIpc) is 2.98. The summed E-state index contributed by atoms with van der Waals surface area (Å²) >= 11 is 0. The molecule has 0 aliphatic carbocycles. The number of piperidine rings is 1. The van der Waals surface area contributed by atoms with Crippen LogP contribution in [0.4, 0.5) is 4.79 Å². The summed E-state index contributed by atoms with van der Waals surface area (Å²) in [6.45, 7) is 4.06. The van der Waals surface area contributed by atoms with Crippen LogP contribution in [0.2, 0.25) is 0 Å². The van der Waals surface area contributed by atoms with E-state index in [9.17, 15) is 9.59 Å². The van der Waals surface area contributed by atoms with Gasteiger partial charge in [-0.2, -0.15) is 4.98 Å². The topological polar surface area (TPSA) is 110 Å². The molecule has 2 heterocycles. The minimum absolute atomic E-state index is 0.0414. The number of carbonyl (C=O) groups is 2. The lowest BCUT2D eigenvalue weighted by atomic mass is 9.96. The lowest BCUT2D eigenvalue weighted by Crippen LogP contribution is -2.47. The standard InChI is InChI=1S/C14H23N5O4/c1-10-17-12(23-18-10)9-16-13(20)11-3-6-19(7-4-11)14(21)15-5-8-22-2/h11H,3-9H2,1-2H3,(H,15,21)(H,16,20). The average molecular weight is 325 g/mol. The second-order valence-corrected chi connectivity index (χ2v) is 5.44. The number of aromatic nitrogens is 2. The predicted molar refractivity (Wildman–Crippen MR) is 80.5 cm³/mol.